The molecule has 1 aromatic carbocycles. The lowest BCUT2D eigenvalue weighted by Gasteiger charge is -2.36. The van der Waals surface area contributed by atoms with Gasteiger partial charge in [-0.1, -0.05) is 38.4 Å². The molecule has 2 aromatic rings. The summed E-state index contributed by atoms with van der Waals surface area (Å²) in [4.78, 5) is 38.6. The Morgan fingerprint density at radius 3 is 2.50 bits per heavy atom. The molecule has 3 rings (SSSR count). The lowest BCUT2D eigenvalue weighted by atomic mass is 9.96. The molecule has 0 unspecified atom stereocenters. The fourth-order valence-corrected chi connectivity index (χ4v) is 4.23. The van der Waals surface area contributed by atoms with Gasteiger partial charge in [0.15, 0.2) is 0 Å². The zero-order chi connectivity index (χ0) is 25.0. The van der Waals surface area contributed by atoms with Crippen molar-refractivity contribution in [2.24, 2.45) is 15.6 Å². The Morgan fingerprint density at radius 1 is 1.26 bits per heavy atom. The maximum absolute atomic E-state index is 14.8. The molecule has 1 aliphatic rings. The number of likely N-dealkylation sites (N-methyl/N-ethyl adjacent to an activating group) is 1. The number of amidine groups is 1. The average molecular weight is 489 g/mol. The van der Waals surface area contributed by atoms with E-state index in [4.69, 9.17) is 11.6 Å². The van der Waals surface area contributed by atoms with E-state index in [0.717, 1.165) is 26.2 Å². The molecule has 1 aromatic heterocycles. The lowest BCUT2D eigenvalue weighted by molar-refractivity contribution is -0.107. The van der Waals surface area contributed by atoms with Gasteiger partial charge in [-0.3, -0.25) is 14.7 Å². The van der Waals surface area contributed by atoms with Crippen LogP contribution in [0.4, 0.5) is 15.9 Å². The molecule has 0 N–H and O–H groups in total. The fraction of sp³-hybridized carbons (Fsp3) is 0.458. The highest BCUT2D eigenvalue weighted by molar-refractivity contribution is 6.34. The Labute approximate surface area is 204 Å². The predicted octanol–water partition coefficient (Wildman–Crippen LogP) is 4.57. The van der Waals surface area contributed by atoms with Gasteiger partial charge in [-0.25, -0.2) is 9.37 Å². The second-order valence-corrected chi connectivity index (χ2v) is 9.95. The Morgan fingerprint density at radius 2 is 1.94 bits per heavy atom. The van der Waals surface area contributed by atoms with Crippen molar-refractivity contribution < 1.29 is 9.18 Å². The highest BCUT2D eigenvalue weighted by Gasteiger charge is 2.28. The summed E-state index contributed by atoms with van der Waals surface area (Å²) >= 11 is 6.62. The van der Waals surface area contributed by atoms with E-state index < -0.39 is 5.82 Å². The van der Waals surface area contributed by atoms with E-state index in [1.807, 2.05) is 20.8 Å². The van der Waals surface area contributed by atoms with Crippen LogP contribution in [-0.2, 0) is 4.79 Å². The molecular weight excluding hydrogens is 459 g/mol. The highest BCUT2D eigenvalue weighted by Crippen LogP contribution is 2.39. The predicted molar refractivity (Wildman–Crippen MR) is 134 cm³/mol. The summed E-state index contributed by atoms with van der Waals surface area (Å²) in [5.41, 5.74) is 0.137. The van der Waals surface area contributed by atoms with E-state index in [9.17, 15) is 14.1 Å². The minimum Gasteiger partial charge on any atom is -0.354 e. The first-order chi connectivity index (χ1) is 16.1. The molecule has 1 aliphatic heterocycles. The molecule has 0 atom stereocenters. The van der Waals surface area contributed by atoms with Crippen LogP contribution in [0, 0.1) is 16.1 Å². The normalized spacial score (nSPS) is 15.4. The second kappa shape index (κ2) is 10.6. The number of anilines is 1. The highest BCUT2D eigenvalue weighted by atomic mass is 35.5. The second-order valence-electron chi connectivity index (χ2n) is 9.55. The maximum Gasteiger partial charge on any atom is 0.215 e. The van der Waals surface area contributed by atoms with Gasteiger partial charge >= 0.3 is 0 Å². The van der Waals surface area contributed by atoms with Crippen molar-refractivity contribution in [3.8, 4) is 11.3 Å². The van der Waals surface area contributed by atoms with Gasteiger partial charge in [-0.15, -0.1) is 4.91 Å². The Bertz CT molecular complexity index is 1090. The van der Waals surface area contributed by atoms with Crippen LogP contribution in [0.5, 0.6) is 0 Å². The molecule has 34 heavy (non-hydrogen) atoms. The van der Waals surface area contributed by atoms with Gasteiger partial charge in [0.05, 0.1) is 21.8 Å². The van der Waals surface area contributed by atoms with Gasteiger partial charge in [0.25, 0.3) is 0 Å². The first-order valence-electron chi connectivity index (χ1n) is 11.0. The van der Waals surface area contributed by atoms with Gasteiger partial charge in [0, 0.05) is 39.8 Å². The van der Waals surface area contributed by atoms with Crippen LogP contribution < -0.4 is 4.90 Å². The molecule has 8 nitrogen and oxygen atoms in total. The van der Waals surface area contributed by atoms with Crippen molar-refractivity contribution in [1.29, 1.82) is 0 Å². The van der Waals surface area contributed by atoms with Crippen LogP contribution in [0.15, 0.2) is 34.4 Å². The van der Waals surface area contributed by atoms with E-state index in [-0.39, 0.29) is 27.4 Å². The Kier molecular flexibility index (Phi) is 7.99. The summed E-state index contributed by atoms with van der Waals surface area (Å²) in [6.45, 7) is 9.56. The molecule has 1 saturated heterocycles. The molecule has 10 heteroatoms. The van der Waals surface area contributed by atoms with Crippen LogP contribution in [0.25, 0.3) is 11.3 Å². The largest absolute Gasteiger partial charge is 0.354 e. The fourth-order valence-electron chi connectivity index (χ4n) is 3.98. The summed E-state index contributed by atoms with van der Waals surface area (Å²) in [7, 11) is 3.74. The number of halogens is 2. The third kappa shape index (κ3) is 5.59. The molecular formula is C24H30ClFN6O2. The monoisotopic (exact) mass is 488 g/mol. The summed E-state index contributed by atoms with van der Waals surface area (Å²) < 4.78 is 14.8. The standard InChI is InChI=1S/C24H30ClFN6O2/c1-24(2,3)14-32(15-33)23-16(22(27-4)31-11-9-30(5)10-12-31)13-17(25)21(28-23)20-18(26)7-6-8-19(20)29-34/h6-8,13,15H,9-12,14H2,1-5H3. The zero-order valence-corrected chi connectivity index (χ0v) is 20.9. The first-order valence-corrected chi connectivity index (χ1v) is 11.4. The van der Waals surface area contributed by atoms with Crippen LogP contribution in [0.3, 0.4) is 0 Å². The number of nitroso groups, excluding NO2 is 1. The van der Waals surface area contributed by atoms with E-state index in [1.54, 1.807) is 13.1 Å². The number of aliphatic imine (C=N–C) groups is 1. The van der Waals surface area contributed by atoms with E-state index >= 15 is 0 Å². The van der Waals surface area contributed by atoms with Crippen molar-refractivity contribution in [2.45, 2.75) is 20.8 Å². The average Bonchev–Trinajstić information content (AvgIpc) is 2.79. The number of carbonyl (C=O) groups excluding carboxylic acids is 1. The number of aromatic nitrogens is 1. The van der Waals surface area contributed by atoms with Gasteiger partial charge in [-0.05, 0) is 35.8 Å². The number of pyridine rings is 1. The summed E-state index contributed by atoms with van der Waals surface area (Å²) in [5, 5.41) is 3.08. The smallest absolute Gasteiger partial charge is 0.215 e. The molecule has 0 bridgehead atoms. The number of rotatable bonds is 6. The topological polar surface area (TPSA) is 81.5 Å². The number of amides is 1. The number of carbonyl (C=O) groups is 1. The van der Waals surface area contributed by atoms with Crippen LogP contribution in [-0.4, -0.2) is 73.8 Å². The molecule has 0 radical (unpaired) electrons. The molecule has 1 amide bonds. The molecule has 0 aliphatic carbocycles. The van der Waals surface area contributed by atoms with Gasteiger partial charge in [0.2, 0.25) is 6.41 Å². The number of nitrogens with zero attached hydrogens (tertiary/aromatic N) is 6. The Hall–Kier alpha value is -2.91. The third-order valence-corrected chi connectivity index (χ3v) is 5.87. The van der Waals surface area contributed by atoms with Crippen molar-refractivity contribution in [2.75, 3.05) is 51.7 Å². The van der Waals surface area contributed by atoms with E-state index in [0.29, 0.717) is 30.2 Å². The SMILES string of the molecule is CN=C(c1cc(Cl)c(-c2c(F)cccc2N=O)nc1N(C=O)CC(C)(C)C)N1CCN(C)CC1. The van der Waals surface area contributed by atoms with E-state index in [2.05, 4.69) is 32.0 Å². The summed E-state index contributed by atoms with van der Waals surface area (Å²) in [5.74, 6) is 0.262. The number of hydrogen-bond donors (Lipinski definition) is 0. The number of hydrogen-bond acceptors (Lipinski definition) is 6. The minimum atomic E-state index is -0.679. The van der Waals surface area contributed by atoms with Crippen molar-refractivity contribution in [3.05, 3.63) is 45.6 Å². The van der Waals surface area contributed by atoms with Crippen molar-refractivity contribution >= 4 is 35.4 Å². The summed E-state index contributed by atoms with van der Waals surface area (Å²) in [6, 6.07) is 5.64. The lowest BCUT2D eigenvalue weighted by Crippen LogP contribution is -2.48. The molecule has 182 valence electrons. The maximum atomic E-state index is 14.8. The summed E-state index contributed by atoms with van der Waals surface area (Å²) in [6.07, 6.45) is 0.701. The Balaban J connectivity index is 2.24. The third-order valence-electron chi connectivity index (χ3n) is 5.58. The van der Waals surface area contributed by atoms with Crippen LogP contribution >= 0.6 is 11.6 Å². The van der Waals surface area contributed by atoms with Crippen molar-refractivity contribution in [1.82, 2.24) is 14.8 Å². The minimum absolute atomic E-state index is 0.0442. The molecule has 1 fully saturated rings. The molecule has 0 spiro atoms. The van der Waals surface area contributed by atoms with Crippen molar-refractivity contribution in [3.63, 3.8) is 0 Å². The quantitative estimate of drug-likeness (QED) is 0.257. The van der Waals surface area contributed by atoms with Crippen LogP contribution in [0.1, 0.15) is 26.3 Å². The van der Waals surface area contributed by atoms with Gasteiger partial charge < -0.3 is 9.80 Å². The van der Waals surface area contributed by atoms with E-state index in [1.165, 1.54) is 23.1 Å². The first kappa shape index (κ1) is 25.7. The number of piperazine rings is 1. The van der Waals surface area contributed by atoms with Gasteiger partial charge in [-0.2, -0.15) is 0 Å². The van der Waals surface area contributed by atoms with Crippen LogP contribution in [0.2, 0.25) is 5.02 Å². The van der Waals surface area contributed by atoms with Gasteiger partial charge in [0.1, 0.15) is 23.2 Å². The molecule has 0 saturated carbocycles. The zero-order valence-electron chi connectivity index (χ0n) is 20.2. The number of benzene rings is 1. The molecule has 2 heterocycles.